The topological polar surface area (TPSA) is 66.6 Å². The van der Waals surface area contributed by atoms with Crippen molar-refractivity contribution in [2.45, 2.75) is 19.8 Å². The molecule has 0 spiro atoms. The van der Waals surface area contributed by atoms with Crippen LogP contribution in [0.5, 0.6) is 0 Å². The largest absolute Gasteiger partial charge is 0.366 e. The van der Waals surface area contributed by atoms with Crippen LogP contribution >= 0.6 is 0 Å². The zero-order chi connectivity index (χ0) is 15.2. The molecule has 1 saturated heterocycles. The maximum atomic E-state index is 12.4. The molecule has 5 nitrogen and oxygen atoms in total. The number of rotatable bonds is 5. The number of nitrogens with two attached hydrogens (primary N) is 1. The molecule has 0 bridgehead atoms. The van der Waals surface area contributed by atoms with Gasteiger partial charge in [0.1, 0.15) is 0 Å². The Kier molecular flexibility index (Phi) is 5.33. The minimum Gasteiger partial charge on any atom is -0.366 e. The molecule has 0 atom stereocenters. The van der Waals surface area contributed by atoms with Gasteiger partial charge in [0.2, 0.25) is 5.91 Å². The lowest BCUT2D eigenvalue weighted by Crippen LogP contribution is -2.48. The number of piperazine rings is 1. The van der Waals surface area contributed by atoms with Crippen molar-refractivity contribution in [3.63, 3.8) is 0 Å². The molecule has 21 heavy (non-hydrogen) atoms. The molecule has 1 aliphatic rings. The summed E-state index contributed by atoms with van der Waals surface area (Å²) in [6, 6.07) is 6.55. The zero-order valence-electron chi connectivity index (χ0n) is 12.5. The van der Waals surface area contributed by atoms with E-state index in [2.05, 4.69) is 11.8 Å². The summed E-state index contributed by atoms with van der Waals surface area (Å²) in [5.41, 5.74) is 6.24. The van der Waals surface area contributed by atoms with Crippen molar-refractivity contribution < 1.29 is 9.59 Å². The number of unbranched alkanes of at least 4 members (excludes halogenated alkanes) is 1. The third-order valence-electron chi connectivity index (χ3n) is 3.90. The molecule has 2 rings (SSSR count). The number of hydrogen-bond acceptors (Lipinski definition) is 3. The fourth-order valence-electron chi connectivity index (χ4n) is 2.52. The van der Waals surface area contributed by atoms with E-state index in [0.29, 0.717) is 11.1 Å². The standard InChI is InChI=1S/C16H23N3O2/c1-2-3-8-18-9-11-19(12-10-18)16(21)14-6-4-13(5-7-14)15(17)20/h4-7H,2-3,8-12H2,1H3,(H2,17,20). The van der Waals surface area contributed by atoms with Gasteiger partial charge in [-0.05, 0) is 37.2 Å². The average Bonchev–Trinajstić information content (AvgIpc) is 2.53. The van der Waals surface area contributed by atoms with Gasteiger partial charge < -0.3 is 10.6 Å². The predicted molar refractivity (Wildman–Crippen MR) is 82.2 cm³/mol. The normalized spacial score (nSPS) is 16.0. The lowest BCUT2D eigenvalue weighted by Gasteiger charge is -2.34. The fourth-order valence-corrected chi connectivity index (χ4v) is 2.52. The highest BCUT2D eigenvalue weighted by molar-refractivity contribution is 5.97. The number of benzene rings is 1. The lowest BCUT2D eigenvalue weighted by atomic mass is 10.1. The maximum absolute atomic E-state index is 12.4. The number of carbonyl (C=O) groups excluding carboxylic acids is 2. The second-order valence-electron chi connectivity index (χ2n) is 5.43. The summed E-state index contributed by atoms with van der Waals surface area (Å²) < 4.78 is 0. The maximum Gasteiger partial charge on any atom is 0.253 e. The van der Waals surface area contributed by atoms with Gasteiger partial charge in [-0.25, -0.2) is 0 Å². The molecule has 114 valence electrons. The van der Waals surface area contributed by atoms with Crippen molar-refractivity contribution >= 4 is 11.8 Å². The van der Waals surface area contributed by atoms with E-state index in [0.717, 1.165) is 32.7 Å². The highest BCUT2D eigenvalue weighted by Crippen LogP contribution is 2.11. The van der Waals surface area contributed by atoms with Gasteiger partial charge in [-0.2, -0.15) is 0 Å². The number of amides is 2. The summed E-state index contributed by atoms with van der Waals surface area (Å²) in [7, 11) is 0. The van der Waals surface area contributed by atoms with Crippen molar-refractivity contribution in [2.75, 3.05) is 32.7 Å². The molecular weight excluding hydrogens is 266 g/mol. The quantitative estimate of drug-likeness (QED) is 0.889. The third kappa shape index (κ3) is 4.04. The molecule has 1 aromatic rings. The van der Waals surface area contributed by atoms with E-state index < -0.39 is 5.91 Å². The first-order valence-electron chi connectivity index (χ1n) is 7.53. The summed E-state index contributed by atoms with van der Waals surface area (Å²) in [5.74, 6) is -0.445. The van der Waals surface area contributed by atoms with Crippen LogP contribution in [0.25, 0.3) is 0 Å². The molecule has 0 saturated carbocycles. The van der Waals surface area contributed by atoms with E-state index in [1.165, 1.54) is 12.8 Å². The van der Waals surface area contributed by atoms with Crippen LogP contribution in [-0.2, 0) is 0 Å². The molecule has 0 aromatic heterocycles. The number of nitrogens with zero attached hydrogens (tertiary/aromatic N) is 2. The first kappa shape index (κ1) is 15.5. The number of primary amides is 1. The Hall–Kier alpha value is -1.88. The third-order valence-corrected chi connectivity index (χ3v) is 3.90. The van der Waals surface area contributed by atoms with Crippen LogP contribution in [0.4, 0.5) is 0 Å². The Morgan fingerprint density at radius 2 is 1.62 bits per heavy atom. The minimum absolute atomic E-state index is 0.0289. The summed E-state index contributed by atoms with van der Waals surface area (Å²) in [5, 5.41) is 0. The zero-order valence-corrected chi connectivity index (χ0v) is 12.5. The van der Waals surface area contributed by atoms with Gasteiger partial charge >= 0.3 is 0 Å². The van der Waals surface area contributed by atoms with Crippen LogP contribution in [0.2, 0.25) is 0 Å². The highest BCUT2D eigenvalue weighted by Gasteiger charge is 2.21. The SMILES string of the molecule is CCCCN1CCN(C(=O)c2ccc(C(N)=O)cc2)CC1. The van der Waals surface area contributed by atoms with Gasteiger partial charge in [0.05, 0.1) is 0 Å². The van der Waals surface area contributed by atoms with Gasteiger partial charge in [-0.1, -0.05) is 13.3 Å². The van der Waals surface area contributed by atoms with E-state index in [1.54, 1.807) is 24.3 Å². The molecule has 1 fully saturated rings. The van der Waals surface area contributed by atoms with Crippen LogP contribution < -0.4 is 5.73 Å². The number of carbonyl (C=O) groups is 2. The molecule has 1 aliphatic heterocycles. The summed E-state index contributed by atoms with van der Waals surface area (Å²) in [6.07, 6.45) is 2.41. The highest BCUT2D eigenvalue weighted by atomic mass is 16.2. The van der Waals surface area contributed by atoms with Gasteiger partial charge in [0.25, 0.3) is 5.91 Å². The average molecular weight is 289 g/mol. The van der Waals surface area contributed by atoms with E-state index in [-0.39, 0.29) is 5.91 Å². The van der Waals surface area contributed by atoms with Crippen molar-refractivity contribution in [1.29, 1.82) is 0 Å². The summed E-state index contributed by atoms with van der Waals surface area (Å²) in [4.78, 5) is 27.7. The molecule has 0 radical (unpaired) electrons. The van der Waals surface area contributed by atoms with Gasteiger partial charge in [-0.15, -0.1) is 0 Å². The first-order valence-corrected chi connectivity index (χ1v) is 7.53. The summed E-state index contributed by atoms with van der Waals surface area (Å²) >= 11 is 0. The van der Waals surface area contributed by atoms with Crippen LogP contribution in [0.15, 0.2) is 24.3 Å². The van der Waals surface area contributed by atoms with E-state index in [1.807, 2.05) is 4.90 Å². The Labute approximate surface area is 125 Å². The molecule has 1 heterocycles. The molecule has 5 heteroatoms. The van der Waals surface area contributed by atoms with E-state index in [9.17, 15) is 9.59 Å². The first-order chi connectivity index (χ1) is 10.1. The number of hydrogen-bond donors (Lipinski definition) is 1. The molecule has 1 aromatic carbocycles. The van der Waals surface area contributed by atoms with Crippen molar-refractivity contribution in [1.82, 2.24) is 9.80 Å². The van der Waals surface area contributed by atoms with Crippen LogP contribution in [0.1, 0.15) is 40.5 Å². The smallest absolute Gasteiger partial charge is 0.253 e. The Morgan fingerprint density at radius 3 is 2.14 bits per heavy atom. The van der Waals surface area contributed by atoms with Crippen LogP contribution in [0.3, 0.4) is 0 Å². The van der Waals surface area contributed by atoms with Crippen molar-refractivity contribution in [3.8, 4) is 0 Å². The Morgan fingerprint density at radius 1 is 1.05 bits per heavy atom. The van der Waals surface area contributed by atoms with Crippen LogP contribution in [0, 0.1) is 0 Å². The lowest BCUT2D eigenvalue weighted by molar-refractivity contribution is 0.0635. The van der Waals surface area contributed by atoms with Gasteiger partial charge in [-0.3, -0.25) is 14.5 Å². The van der Waals surface area contributed by atoms with Gasteiger partial charge in [0, 0.05) is 37.3 Å². The second-order valence-corrected chi connectivity index (χ2v) is 5.43. The Bertz CT molecular complexity index is 491. The van der Waals surface area contributed by atoms with Gasteiger partial charge in [0.15, 0.2) is 0 Å². The molecular formula is C16H23N3O2. The predicted octanol–water partition coefficient (Wildman–Crippen LogP) is 1.34. The fraction of sp³-hybridized carbons (Fsp3) is 0.500. The molecule has 2 N–H and O–H groups in total. The molecule has 0 unspecified atom stereocenters. The molecule has 2 amide bonds. The molecule has 0 aliphatic carbocycles. The monoisotopic (exact) mass is 289 g/mol. The van der Waals surface area contributed by atoms with Crippen molar-refractivity contribution in [2.24, 2.45) is 5.73 Å². The van der Waals surface area contributed by atoms with E-state index in [4.69, 9.17) is 5.73 Å². The Balaban J connectivity index is 1.91. The summed E-state index contributed by atoms with van der Waals surface area (Å²) in [6.45, 7) is 6.71. The van der Waals surface area contributed by atoms with Crippen LogP contribution in [-0.4, -0.2) is 54.3 Å². The minimum atomic E-state index is -0.474. The van der Waals surface area contributed by atoms with Crippen molar-refractivity contribution in [3.05, 3.63) is 35.4 Å². The van der Waals surface area contributed by atoms with E-state index >= 15 is 0 Å². The second kappa shape index (κ2) is 7.22.